The molecule has 0 saturated heterocycles. The number of ether oxygens (including phenoxy) is 2. The molecule has 0 N–H and O–H groups in total. The first-order valence-corrected chi connectivity index (χ1v) is 11.0. The molecule has 10 heteroatoms. The molecule has 0 amide bonds. The highest BCUT2D eigenvalue weighted by Gasteiger charge is 2.49. The summed E-state index contributed by atoms with van der Waals surface area (Å²) in [5.41, 5.74) is -5.53. The van der Waals surface area contributed by atoms with E-state index in [2.05, 4.69) is 4.18 Å². The standard InChI is InChI=1S/C12H17F3O5SSi/c1-18-8-6-7-9(19-2)11(22(3,4)5)10(8)20-21(16,17)12(13,14)15/h6-7H,1-5H3. The summed E-state index contributed by atoms with van der Waals surface area (Å²) >= 11 is 0. The van der Waals surface area contributed by atoms with E-state index >= 15 is 0 Å². The summed E-state index contributed by atoms with van der Waals surface area (Å²) in [7, 11) is -5.56. The Hall–Kier alpha value is -1.42. The molecule has 0 radical (unpaired) electrons. The Morgan fingerprint density at radius 1 is 1.00 bits per heavy atom. The zero-order chi connectivity index (χ0) is 17.3. The quantitative estimate of drug-likeness (QED) is 0.460. The molecule has 5 nitrogen and oxygen atoms in total. The molecule has 1 aromatic carbocycles. The van der Waals surface area contributed by atoms with Crippen molar-refractivity contribution in [1.82, 2.24) is 0 Å². The number of hydrogen-bond donors (Lipinski definition) is 0. The van der Waals surface area contributed by atoms with Crippen LogP contribution in [0.25, 0.3) is 0 Å². The van der Waals surface area contributed by atoms with E-state index in [9.17, 15) is 21.6 Å². The SMILES string of the molecule is COc1ccc(OC)c([Si](C)(C)C)c1OS(=O)(=O)C(F)(F)F. The van der Waals surface area contributed by atoms with E-state index in [1.807, 2.05) is 19.6 Å². The molecule has 0 fully saturated rings. The van der Waals surface area contributed by atoms with E-state index in [0.29, 0.717) is 5.19 Å². The van der Waals surface area contributed by atoms with E-state index in [1.54, 1.807) is 0 Å². The van der Waals surface area contributed by atoms with Crippen molar-refractivity contribution in [2.24, 2.45) is 0 Å². The molecular weight excluding hydrogens is 341 g/mol. The van der Waals surface area contributed by atoms with Crippen molar-refractivity contribution < 1.29 is 35.2 Å². The second-order valence-electron chi connectivity index (χ2n) is 5.41. The minimum absolute atomic E-state index is 0.106. The third-order valence-corrected chi connectivity index (χ3v) is 5.68. The van der Waals surface area contributed by atoms with E-state index in [0.717, 1.165) is 0 Å². The van der Waals surface area contributed by atoms with Crippen molar-refractivity contribution in [3.63, 3.8) is 0 Å². The lowest BCUT2D eigenvalue weighted by molar-refractivity contribution is -0.0500. The van der Waals surface area contributed by atoms with Gasteiger partial charge in [0.25, 0.3) is 0 Å². The summed E-state index contributed by atoms with van der Waals surface area (Å²) in [6.45, 7) is 5.45. The van der Waals surface area contributed by atoms with Gasteiger partial charge >= 0.3 is 15.6 Å². The van der Waals surface area contributed by atoms with Crippen LogP contribution in [0.2, 0.25) is 19.6 Å². The minimum atomic E-state index is -5.80. The first-order chi connectivity index (χ1) is 9.85. The lowest BCUT2D eigenvalue weighted by Crippen LogP contribution is -2.41. The average Bonchev–Trinajstić information content (AvgIpc) is 2.34. The van der Waals surface area contributed by atoms with Crippen molar-refractivity contribution >= 4 is 23.4 Å². The summed E-state index contributed by atoms with van der Waals surface area (Å²) in [5.74, 6) is -0.322. The Bertz CT molecular complexity index is 650. The third kappa shape index (κ3) is 3.66. The fourth-order valence-electron chi connectivity index (χ4n) is 1.83. The molecule has 0 heterocycles. The zero-order valence-electron chi connectivity index (χ0n) is 12.7. The Morgan fingerprint density at radius 3 is 1.82 bits per heavy atom. The van der Waals surface area contributed by atoms with Gasteiger partial charge in [-0.05, 0) is 12.1 Å². The molecule has 0 aromatic heterocycles. The second kappa shape index (κ2) is 5.99. The van der Waals surface area contributed by atoms with E-state index in [1.165, 1.54) is 26.4 Å². The number of methoxy groups -OCH3 is 2. The van der Waals surface area contributed by atoms with Crippen molar-refractivity contribution in [2.45, 2.75) is 25.1 Å². The van der Waals surface area contributed by atoms with Gasteiger partial charge in [0.15, 0.2) is 11.5 Å². The first kappa shape index (κ1) is 18.6. The van der Waals surface area contributed by atoms with Gasteiger partial charge in [0, 0.05) is 5.19 Å². The highest BCUT2D eigenvalue weighted by molar-refractivity contribution is 7.88. The van der Waals surface area contributed by atoms with Crippen LogP contribution < -0.4 is 18.8 Å². The molecule has 0 saturated carbocycles. The van der Waals surface area contributed by atoms with Crippen molar-refractivity contribution in [2.75, 3.05) is 14.2 Å². The van der Waals surface area contributed by atoms with E-state index < -0.39 is 29.4 Å². The van der Waals surface area contributed by atoms with Gasteiger partial charge in [-0.3, -0.25) is 0 Å². The molecule has 0 spiro atoms. The predicted octanol–water partition coefficient (Wildman–Crippen LogP) is 2.48. The lowest BCUT2D eigenvalue weighted by Gasteiger charge is -2.25. The Balaban J connectivity index is 3.64. The molecular formula is C12H17F3O5SSi. The summed E-state index contributed by atoms with van der Waals surface area (Å²) in [5, 5.41) is 0.294. The third-order valence-electron chi connectivity index (χ3n) is 2.75. The molecule has 22 heavy (non-hydrogen) atoms. The number of halogens is 3. The van der Waals surface area contributed by atoms with Gasteiger partial charge in [-0.2, -0.15) is 21.6 Å². The van der Waals surface area contributed by atoms with Crippen molar-refractivity contribution in [3.8, 4) is 17.2 Å². The Kier molecular flexibility index (Phi) is 5.07. The molecule has 0 atom stereocenters. The largest absolute Gasteiger partial charge is 0.534 e. The smallest absolute Gasteiger partial charge is 0.497 e. The van der Waals surface area contributed by atoms with Gasteiger partial charge in [0.05, 0.1) is 22.3 Å². The van der Waals surface area contributed by atoms with Crippen LogP contribution in [0.5, 0.6) is 17.2 Å². The van der Waals surface area contributed by atoms with Gasteiger partial charge in [-0.15, -0.1) is 0 Å². The van der Waals surface area contributed by atoms with E-state index in [4.69, 9.17) is 9.47 Å². The summed E-state index contributed by atoms with van der Waals surface area (Å²) in [6.07, 6.45) is 0. The normalized spacial score (nSPS) is 12.9. The molecule has 0 bridgehead atoms. The first-order valence-electron chi connectivity index (χ1n) is 6.11. The molecule has 0 aliphatic heterocycles. The van der Waals surface area contributed by atoms with Gasteiger partial charge in [-0.25, -0.2) is 0 Å². The van der Waals surface area contributed by atoms with Gasteiger partial charge in [0.1, 0.15) is 5.75 Å². The number of alkyl halides is 3. The maximum atomic E-state index is 12.6. The molecule has 126 valence electrons. The molecule has 0 unspecified atom stereocenters. The highest BCUT2D eigenvalue weighted by atomic mass is 32.2. The summed E-state index contributed by atoms with van der Waals surface area (Å²) < 4.78 is 74.9. The second-order valence-corrected chi connectivity index (χ2v) is 11.9. The van der Waals surface area contributed by atoms with Crippen molar-refractivity contribution in [3.05, 3.63) is 12.1 Å². The molecule has 1 rings (SSSR count). The van der Waals surface area contributed by atoms with Crippen LogP contribution in [0.1, 0.15) is 0 Å². The highest BCUT2D eigenvalue weighted by Crippen LogP contribution is 2.36. The van der Waals surface area contributed by atoms with Gasteiger partial charge < -0.3 is 13.7 Å². The van der Waals surface area contributed by atoms with Crippen LogP contribution in [0.4, 0.5) is 13.2 Å². The van der Waals surface area contributed by atoms with Crippen LogP contribution in [-0.2, 0) is 10.1 Å². The lowest BCUT2D eigenvalue weighted by atomic mass is 10.3. The summed E-state index contributed by atoms with van der Waals surface area (Å²) in [6, 6.07) is 2.79. The number of benzene rings is 1. The van der Waals surface area contributed by atoms with E-state index in [-0.39, 0.29) is 11.5 Å². The van der Waals surface area contributed by atoms with Crippen molar-refractivity contribution in [1.29, 1.82) is 0 Å². The maximum absolute atomic E-state index is 12.6. The predicted molar refractivity (Wildman–Crippen MR) is 78.1 cm³/mol. The average molecular weight is 358 g/mol. The minimum Gasteiger partial charge on any atom is -0.497 e. The van der Waals surface area contributed by atoms with Crippen LogP contribution in [-0.4, -0.2) is 36.2 Å². The fourth-order valence-corrected chi connectivity index (χ4v) is 4.16. The van der Waals surface area contributed by atoms with Gasteiger partial charge in [-0.1, -0.05) is 19.6 Å². The zero-order valence-corrected chi connectivity index (χ0v) is 14.6. The van der Waals surface area contributed by atoms with Crippen LogP contribution in [0, 0.1) is 0 Å². The topological polar surface area (TPSA) is 61.8 Å². The van der Waals surface area contributed by atoms with Crippen LogP contribution in [0.15, 0.2) is 12.1 Å². The Labute approximate surface area is 128 Å². The fraction of sp³-hybridized carbons (Fsp3) is 0.500. The molecule has 0 aliphatic carbocycles. The number of hydrogen-bond acceptors (Lipinski definition) is 5. The summed E-state index contributed by atoms with van der Waals surface area (Å²) in [4.78, 5) is 0. The molecule has 0 aliphatic rings. The monoisotopic (exact) mass is 358 g/mol. The maximum Gasteiger partial charge on any atom is 0.534 e. The Morgan fingerprint density at radius 2 is 1.45 bits per heavy atom. The van der Waals surface area contributed by atoms with Crippen LogP contribution in [0.3, 0.4) is 0 Å². The van der Waals surface area contributed by atoms with Gasteiger partial charge in [0.2, 0.25) is 0 Å². The number of rotatable bonds is 5. The van der Waals surface area contributed by atoms with Crippen LogP contribution >= 0.6 is 0 Å². The molecule has 1 aromatic rings.